The number of carbonyl (C=O) groups is 1. The van der Waals surface area contributed by atoms with Crippen LogP contribution < -0.4 is 5.73 Å². The third kappa shape index (κ3) is 5.56. The Kier molecular flexibility index (Phi) is 7.33. The molecular formula is C26H26ClN3O2. The van der Waals surface area contributed by atoms with Crippen LogP contribution in [0, 0.1) is 5.41 Å². The number of nitrogens with two attached hydrogens (primary N) is 1. The van der Waals surface area contributed by atoms with E-state index in [1.54, 1.807) is 0 Å². The van der Waals surface area contributed by atoms with Gasteiger partial charge in [-0.2, -0.15) is 0 Å². The summed E-state index contributed by atoms with van der Waals surface area (Å²) in [6.45, 7) is 5.32. The number of hydrogen-bond donors (Lipinski definition) is 3. The number of benzene rings is 3. The summed E-state index contributed by atoms with van der Waals surface area (Å²) in [5, 5.41) is 17.6. The summed E-state index contributed by atoms with van der Waals surface area (Å²) in [4.78, 5) is 10.5. The number of halogens is 1. The molecule has 1 aromatic heterocycles. The summed E-state index contributed by atoms with van der Waals surface area (Å²) in [6, 6.07) is 21.2. The Morgan fingerprint density at radius 3 is 2.41 bits per heavy atom. The van der Waals surface area contributed by atoms with E-state index in [2.05, 4.69) is 67.1 Å². The lowest BCUT2D eigenvalue weighted by atomic mass is 10.0. The molecule has 0 fully saturated rings. The van der Waals surface area contributed by atoms with Gasteiger partial charge in [0.1, 0.15) is 5.75 Å². The van der Waals surface area contributed by atoms with Crippen LogP contribution in [0.25, 0.3) is 10.9 Å². The number of phenols is 1. The van der Waals surface area contributed by atoms with Crippen molar-refractivity contribution in [1.29, 1.82) is 5.41 Å². The van der Waals surface area contributed by atoms with Crippen molar-refractivity contribution in [2.24, 2.45) is 5.73 Å². The van der Waals surface area contributed by atoms with Crippen LogP contribution >= 0.6 is 11.6 Å². The second-order valence-electron chi connectivity index (χ2n) is 7.83. The van der Waals surface area contributed by atoms with Gasteiger partial charge in [-0.15, -0.1) is 0 Å². The molecule has 4 N–H and O–H groups in total. The molecule has 0 saturated heterocycles. The number of aromatic nitrogens is 1. The fourth-order valence-corrected chi connectivity index (χ4v) is 3.49. The van der Waals surface area contributed by atoms with Crippen molar-refractivity contribution >= 4 is 34.6 Å². The van der Waals surface area contributed by atoms with Crippen LogP contribution in [0.1, 0.15) is 46.8 Å². The van der Waals surface area contributed by atoms with Crippen LogP contribution in [0.5, 0.6) is 5.75 Å². The lowest BCUT2D eigenvalue weighted by molar-refractivity contribution is 0.100. The number of rotatable bonds is 5. The Labute approximate surface area is 192 Å². The first kappa shape index (κ1) is 23.1. The first-order chi connectivity index (χ1) is 15.3. The summed E-state index contributed by atoms with van der Waals surface area (Å²) in [6.07, 6.45) is 3.51. The molecule has 0 saturated carbocycles. The molecule has 0 spiro atoms. The van der Waals surface area contributed by atoms with E-state index in [4.69, 9.17) is 27.9 Å². The summed E-state index contributed by atoms with van der Waals surface area (Å²) >= 11 is 5.50. The number of fused-ring (bicyclic) bond motifs is 1. The zero-order valence-corrected chi connectivity index (χ0v) is 18.8. The minimum atomic E-state index is -0.563. The van der Waals surface area contributed by atoms with Crippen molar-refractivity contribution in [3.8, 4) is 5.75 Å². The quantitative estimate of drug-likeness (QED) is 0.329. The van der Waals surface area contributed by atoms with Crippen molar-refractivity contribution < 1.29 is 9.90 Å². The number of amides is 1. The Morgan fingerprint density at radius 2 is 1.81 bits per heavy atom. The summed E-state index contributed by atoms with van der Waals surface area (Å²) in [7, 11) is 0. The minimum Gasteiger partial charge on any atom is -0.506 e. The summed E-state index contributed by atoms with van der Waals surface area (Å²) in [5.41, 5.74) is 10.1. The number of nitrogens with one attached hydrogen (secondary N) is 1. The third-order valence-electron chi connectivity index (χ3n) is 5.19. The normalized spacial score (nSPS) is 10.6. The van der Waals surface area contributed by atoms with Crippen LogP contribution in [0.15, 0.2) is 72.9 Å². The van der Waals surface area contributed by atoms with Crippen LogP contribution in [-0.4, -0.2) is 21.8 Å². The highest BCUT2D eigenvalue weighted by Gasteiger charge is 2.04. The minimum absolute atomic E-state index is 0.0586. The average Bonchev–Trinajstić information content (AvgIpc) is 3.18. The molecule has 3 aromatic carbocycles. The third-order valence-corrected chi connectivity index (χ3v) is 5.50. The molecule has 1 heterocycles. The van der Waals surface area contributed by atoms with Gasteiger partial charge in [-0.1, -0.05) is 55.8 Å². The Morgan fingerprint density at radius 1 is 1.09 bits per heavy atom. The van der Waals surface area contributed by atoms with Crippen molar-refractivity contribution in [3.63, 3.8) is 0 Å². The zero-order chi connectivity index (χ0) is 23.3. The van der Waals surface area contributed by atoms with Gasteiger partial charge in [0.05, 0.1) is 5.02 Å². The average molecular weight is 448 g/mol. The maximum Gasteiger partial charge on any atom is 0.248 e. The number of phenolic OH excluding ortho intramolecular Hbond substituents is 1. The molecule has 4 rings (SSSR count). The Balaban J connectivity index is 0.000000222. The molecule has 0 atom stereocenters. The number of carbonyl (C=O) groups excluding carboxylic acids is 1. The van der Waals surface area contributed by atoms with Crippen molar-refractivity contribution in [2.45, 2.75) is 26.3 Å². The predicted octanol–water partition coefficient (Wildman–Crippen LogP) is 5.96. The van der Waals surface area contributed by atoms with E-state index in [0.717, 1.165) is 12.1 Å². The maximum atomic E-state index is 10.5. The molecule has 0 aliphatic carbocycles. The van der Waals surface area contributed by atoms with Gasteiger partial charge in [-0.05, 0) is 59.0 Å². The highest BCUT2D eigenvalue weighted by molar-refractivity contribution is 6.32. The molecule has 6 heteroatoms. The molecule has 4 aromatic rings. The van der Waals surface area contributed by atoms with E-state index in [1.807, 2.05) is 6.07 Å². The van der Waals surface area contributed by atoms with E-state index in [-0.39, 0.29) is 16.3 Å². The summed E-state index contributed by atoms with van der Waals surface area (Å²) in [5.74, 6) is -0.0467. The largest absolute Gasteiger partial charge is 0.506 e. The van der Waals surface area contributed by atoms with Gasteiger partial charge < -0.3 is 20.8 Å². The molecular weight excluding hydrogens is 422 g/mol. The van der Waals surface area contributed by atoms with Gasteiger partial charge in [-0.3, -0.25) is 4.79 Å². The van der Waals surface area contributed by atoms with E-state index in [9.17, 15) is 4.79 Å². The van der Waals surface area contributed by atoms with E-state index in [1.165, 1.54) is 46.4 Å². The summed E-state index contributed by atoms with van der Waals surface area (Å²) < 4.78 is 2.26. The second kappa shape index (κ2) is 10.2. The molecule has 1 amide bonds. The first-order valence-corrected chi connectivity index (χ1v) is 10.6. The number of hydrogen-bond acceptors (Lipinski definition) is 3. The fourth-order valence-electron chi connectivity index (χ4n) is 3.31. The van der Waals surface area contributed by atoms with Crippen molar-refractivity contribution in [1.82, 2.24) is 4.57 Å². The zero-order valence-electron chi connectivity index (χ0n) is 18.0. The second-order valence-corrected chi connectivity index (χ2v) is 8.24. The monoisotopic (exact) mass is 447 g/mol. The topological polar surface area (TPSA) is 92.1 Å². The van der Waals surface area contributed by atoms with Gasteiger partial charge in [0.25, 0.3) is 0 Å². The Bertz CT molecular complexity index is 1240. The van der Waals surface area contributed by atoms with Crippen LogP contribution in [0.2, 0.25) is 5.02 Å². The highest BCUT2D eigenvalue weighted by atomic mass is 35.5. The van der Waals surface area contributed by atoms with Gasteiger partial charge in [-0.25, -0.2) is 0 Å². The molecule has 5 nitrogen and oxygen atoms in total. The van der Waals surface area contributed by atoms with Crippen molar-refractivity contribution in [2.75, 3.05) is 0 Å². The van der Waals surface area contributed by atoms with E-state index < -0.39 is 5.91 Å². The van der Waals surface area contributed by atoms with Crippen LogP contribution in [-0.2, 0) is 6.54 Å². The van der Waals surface area contributed by atoms with Gasteiger partial charge in [0.15, 0.2) is 0 Å². The van der Waals surface area contributed by atoms with Gasteiger partial charge >= 0.3 is 0 Å². The van der Waals surface area contributed by atoms with Gasteiger partial charge in [0, 0.05) is 35.4 Å². The van der Waals surface area contributed by atoms with E-state index in [0.29, 0.717) is 5.92 Å². The lowest BCUT2D eigenvalue weighted by Gasteiger charge is -2.09. The number of aromatic hydroxyl groups is 1. The Hall–Kier alpha value is -3.57. The standard InChI is InChI=1S/C19H20N2.C7H6ClNO2/c1-14(2)17-6-3-15(4-7-17)13-21-10-9-18-11-16(12-20)5-8-19(18)21;8-5-3-4(7(9)11)1-2-6(5)10/h3-12,14,20H,13H2,1-2H3;1-3,10H,(H2,9,11). The van der Waals surface area contributed by atoms with Crippen LogP contribution in [0.3, 0.4) is 0 Å². The highest BCUT2D eigenvalue weighted by Crippen LogP contribution is 2.23. The molecule has 0 bridgehead atoms. The maximum absolute atomic E-state index is 10.5. The smallest absolute Gasteiger partial charge is 0.248 e. The predicted molar refractivity (Wildman–Crippen MR) is 131 cm³/mol. The van der Waals surface area contributed by atoms with Crippen molar-refractivity contribution in [3.05, 3.63) is 100 Å². The molecule has 0 radical (unpaired) electrons. The molecule has 0 aliphatic heterocycles. The molecule has 164 valence electrons. The fraction of sp³-hybridized carbons (Fsp3) is 0.154. The lowest BCUT2D eigenvalue weighted by Crippen LogP contribution is -2.10. The SMILES string of the molecule is CC(C)c1ccc(Cn2ccc3cc(C=N)ccc32)cc1.NC(=O)c1ccc(O)c(Cl)c1. The first-order valence-electron chi connectivity index (χ1n) is 10.2. The number of nitrogens with zero attached hydrogens (tertiary/aromatic N) is 1. The molecule has 32 heavy (non-hydrogen) atoms. The van der Waals surface area contributed by atoms with Gasteiger partial charge in [0.2, 0.25) is 5.91 Å². The van der Waals surface area contributed by atoms with Crippen LogP contribution in [0.4, 0.5) is 0 Å². The molecule has 0 aliphatic rings. The molecule has 0 unspecified atom stereocenters. The number of primary amides is 1. The van der Waals surface area contributed by atoms with E-state index >= 15 is 0 Å².